The number of thiazole rings is 1. The van der Waals surface area contributed by atoms with Gasteiger partial charge in [-0.2, -0.15) is 0 Å². The second-order valence-corrected chi connectivity index (χ2v) is 11.4. The molecule has 0 bridgehead atoms. The second kappa shape index (κ2) is 9.80. The molecule has 194 valence electrons. The summed E-state index contributed by atoms with van der Waals surface area (Å²) >= 11 is 1.35. The van der Waals surface area contributed by atoms with Crippen LogP contribution in [-0.2, 0) is 19.3 Å². The van der Waals surface area contributed by atoms with Crippen molar-refractivity contribution in [1.82, 2.24) is 9.55 Å². The molecule has 0 spiro atoms. The fourth-order valence-electron chi connectivity index (χ4n) is 5.32. The van der Waals surface area contributed by atoms with Crippen LogP contribution in [0.25, 0.3) is 27.5 Å². The molecule has 5 rings (SSSR count). The summed E-state index contributed by atoms with van der Waals surface area (Å²) in [5.74, 6) is -0.948. The highest BCUT2D eigenvalue weighted by atomic mass is 32.1. The topological polar surface area (TPSA) is 89.3 Å². The van der Waals surface area contributed by atoms with Gasteiger partial charge in [0.1, 0.15) is 5.01 Å². The summed E-state index contributed by atoms with van der Waals surface area (Å²) in [4.78, 5) is 43.7. The van der Waals surface area contributed by atoms with E-state index in [1.807, 2.05) is 11.4 Å². The normalized spacial score (nSPS) is 14.4. The van der Waals surface area contributed by atoms with Crippen LogP contribution in [-0.4, -0.2) is 26.4 Å². The summed E-state index contributed by atoms with van der Waals surface area (Å²) in [6.07, 6.45) is 2.58. The molecule has 38 heavy (non-hydrogen) atoms. The van der Waals surface area contributed by atoms with E-state index in [0.29, 0.717) is 34.7 Å². The van der Waals surface area contributed by atoms with Crippen LogP contribution in [0.2, 0.25) is 0 Å². The molecule has 0 saturated heterocycles. The highest BCUT2D eigenvalue weighted by Crippen LogP contribution is 2.38. The Morgan fingerprint density at radius 2 is 1.66 bits per heavy atom. The first kappa shape index (κ1) is 25.8. The molecule has 0 saturated carbocycles. The van der Waals surface area contributed by atoms with Crippen molar-refractivity contribution in [1.29, 1.82) is 0 Å². The molecule has 0 atom stereocenters. The number of aryl methyl sites for hydroxylation is 2. The highest BCUT2D eigenvalue weighted by molar-refractivity contribution is 7.13. The minimum atomic E-state index is -0.989. The largest absolute Gasteiger partial charge is 0.478 e. The lowest BCUT2D eigenvalue weighted by atomic mass is 9.75. The van der Waals surface area contributed by atoms with Crippen LogP contribution in [0.1, 0.15) is 71.7 Å². The van der Waals surface area contributed by atoms with E-state index in [-0.39, 0.29) is 22.3 Å². The van der Waals surface area contributed by atoms with Gasteiger partial charge in [0.15, 0.2) is 5.78 Å². The predicted molar refractivity (Wildman–Crippen MR) is 151 cm³/mol. The molecule has 6 nitrogen and oxygen atoms in total. The van der Waals surface area contributed by atoms with E-state index in [2.05, 4.69) is 39.8 Å². The van der Waals surface area contributed by atoms with Crippen LogP contribution in [0.3, 0.4) is 0 Å². The number of rotatable bonds is 6. The average Bonchev–Trinajstić information content (AvgIpc) is 3.37. The minimum Gasteiger partial charge on any atom is -0.478 e. The Labute approximate surface area is 225 Å². The third kappa shape index (κ3) is 4.52. The highest BCUT2D eigenvalue weighted by Gasteiger charge is 2.35. The van der Waals surface area contributed by atoms with Gasteiger partial charge in [-0.25, -0.2) is 9.78 Å². The van der Waals surface area contributed by atoms with E-state index in [1.165, 1.54) is 23.5 Å². The number of pyridine rings is 1. The minimum absolute atomic E-state index is 0.0410. The molecule has 0 aliphatic heterocycles. The summed E-state index contributed by atoms with van der Waals surface area (Å²) in [6.45, 7) is 8.31. The van der Waals surface area contributed by atoms with Gasteiger partial charge in [-0.05, 0) is 54.0 Å². The van der Waals surface area contributed by atoms with Gasteiger partial charge in [-0.15, -0.1) is 11.3 Å². The van der Waals surface area contributed by atoms with Gasteiger partial charge in [-0.1, -0.05) is 58.0 Å². The summed E-state index contributed by atoms with van der Waals surface area (Å²) in [6, 6.07) is 14.4. The van der Waals surface area contributed by atoms with E-state index in [4.69, 9.17) is 4.98 Å². The van der Waals surface area contributed by atoms with Crippen LogP contribution in [0.4, 0.5) is 0 Å². The fraction of sp³-hybridized carbons (Fsp3) is 0.290. The fourth-order valence-corrected chi connectivity index (χ4v) is 6.16. The van der Waals surface area contributed by atoms with Crippen LogP contribution in [0.15, 0.2) is 58.7 Å². The van der Waals surface area contributed by atoms with Crippen molar-refractivity contribution in [2.75, 3.05) is 0 Å². The number of aromatic nitrogens is 2. The zero-order chi connectivity index (χ0) is 27.2. The number of hydrogen-bond acceptors (Lipinski definition) is 5. The van der Waals surface area contributed by atoms with Crippen molar-refractivity contribution in [3.05, 3.63) is 92.2 Å². The smallest absolute Gasteiger partial charge is 0.335 e. The number of carbonyl (C=O) groups is 2. The van der Waals surface area contributed by atoms with Gasteiger partial charge >= 0.3 is 5.97 Å². The summed E-state index contributed by atoms with van der Waals surface area (Å²) in [5.41, 5.74) is 5.99. The standard InChI is InChI=1S/C31H30N2O4S/c1-5-18-8-7-9-19(6-2)27(18)33-25-15-31(3,4)16-26(34)22(25)14-23(29(33)35)28-32-24(17-38-28)20-10-12-21(13-11-20)30(36)37/h7-14,17H,5-6,15-16H2,1-4H3,(H,36,37). The first-order valence-electron chi connectivity index (χ1n) is 12.9. The van der Waals surface area contributed by atoms with E-state index >= 15 is 0 Å². The zero-order valence-corrected chi connectivity index (χ0v) is 22.8. The Hall–Kier alpha value is -3.84. The van der Waals surface area contributed by atoms with Crippen molar-refractivity contribution in [3.63, 3.8) is 0 Å². The number of para-hydroxylation sites is 1. The molecule has 4 aromatic rings. The van der Waals surface area contributed by atoms with Crippen LogP contribution >= 0.6 is 11.3 Å². The summed E-state index contributed by atoms with van der Waals surface area (Å²) in [5, 5.41) is 11.6. The van der Waals surface area contributed by atoms with E-state index in [0.717, 1.165) is 40.9 Å². The molecule has 2 aromatic carbocycles. The van der Waals surface area contributed by atoms with Crippen molar-refractivity contribution < 1.29 is 14.7 Å². The maximum atomic E-state index is 14.3. The third-order valence-corrected chi connectivity index (χ3v) is 8.11. The Bertz CT molecular complexity index is 1600. The van der Waals surface area contributed by atoms with Crippen molar-refractivity contribution in [3.8, 4) is 27.5 Å². The predicted octanol–water partition coefficient (Wildman–Crippen LogP) is 6.61. The second-order valence-electron chi connectivity index (χ2n) is 10.6. The third-order valence-electron chi connectivity index (χ3n) is 7.24. The van der Waals surface area contributed by atoms with Crippen LogP contribution in [0, 0.1) is 5.41 Å². The Morgan fingerprint density at radius 3 is 2.26 bits per heavy atom. The zero-order valence-electron chi connectivity index (χ0n) is 22.0. The molecule has 7 heteroatoms. The first-order chi connectivity index (χ1) is 18.1. The molecule has 1 N–H and O–H groups in total. The van der Waals surface area contributed by atoms with Crippen molar-refractivity contribution in [2.45, 2.75) is 53.4 Å². The lowest BCUT2D eigenvalue weighted by Crippen LogP contribution is -2.35. The van der Waals surface area contributed by atoms with Crippen molar-refractivity contribution >= 4 is 23.1 Å². The number of ketones is 1. The molecule has 2 aromatic heterocycles. The maximum absolute atomic E-state index is 14.3. The quantitative estimate of drug-likeness (QED) is 0.306. The van der Waals surface area contributed by atoms with Gasteiger partial charge in [0.25, 0.3) is 5.56 Å². The Balaban J connectivity index is 1.74. The molecule has 0 unspecified atom stereocenters. The molecule has 2 heterocycles. The molecular formula is C31H30N2O4S. The molecule has 1 aliphatic carbocycles. The molecule has 1 aliphatic rings. The lowest BCUT2D eigenvalue weighted by molar-refractivity contribution is 0.0696. The maximum Gasteiger partial charge on any atom is 0.335 e. The molecule has 0 radical (unpaired) electrons. The van der Waals surface area contributed by atoms with E-state index in [1.54, 1.807) is 22.8 Å². The van der Waals surface area contributed by atoms with Gasteiger partial charge < -0.3 is 5.11 Å². The SMILES string of the molecule is CCc1cccc(CC)c1-n1c2c(cc(-c3nc(-c4ccc(C(=O)O)cc4)cs3)c1=O)C(=O)CC(C)(C)C2. The van der Waals surface area contributed by atoms with Gasteiger partial charge in [0, 0.05) is 28.6 Å². The number of hydrogen-bond donors (Lipinski definition) is 1. The summed E-state index contributed by atoms with van der Waals surface area (Å²) in [7, 11) is 0. The molecular weight excluding hydrogens is 496 g/mol. The van der Waals surface area contributed by atoms with E-state index in [9.17, 15) is 19.5 Å². The Kier molecular flexibility index (Phi) is 6.65. The summed E-state index contributed by atoms with van der Waals surface area (Å²) < 4.78 is 1.80. The number of benzene rings is 2. The van der Waals surface area contributed by atoms with Crippen molar-refractivity contribution in [2.24, 2.45) is 5.41 Å². The number of nitrogens with zero attached hydrogens (tertiary/aromatic N) is 2. The molecule has 0 amide bonds. The monoisotopic (exact) mass is 526 g/mol. The average molecular weight is 527 g/mol. The van der Waals surface area contributed by atoms with Crippen LogP contribution < -0.4 is 5.56 Å². The van der Waals surface area contributed by atoms with Gasteiger partial charge in [0.2, 0.25) is 0 Å². The number of aromatic carboxylic acids is 1. The number of fused-ring (bicyclic) bond motifs is 1. The van der Waals surface area contributed by atoms with Gasteiger partial charge in [0.05, 0.1) is 22.5 Å². The Morgan fingerprint density at radius 1 is 1.00 bits per heavy atom. The number of carbonyl (C=O) groups excluding carboxylic acids is 1. The number of Topliss-reactive ketones (excluding diaryl/α,β-unsaturated/α-hetero) is 1. The molecule has 0 fully saturated rings. The van der Waals surface area contributed by atoms with E-state index < -0.39 is 5.97 Å². The van der Waals surface area contributed by atoms with Gasteiger partial charge in [-0.3, -0.25) is 14.2 Å². The number of carboxylic acid groups (broad SMARTS) is 1. The first-order valence-corrected chi connectivity index (χ1v) is 13.7. The number of carboxylic acids is 1. The van der Waals surface area contributed by atoms with Crippen LogP contribution in [0.5, 0.6) is 0 Å². The lowest BCUT2D eigenvalue weighted by Gasteiger charge is -2.33.